The van der Waals surface area contributed by atoms with Gasteiger partial charge >= 0.3 is 11.7 Å². The van der Waals surface area contributed by atoms with E-state index in [1.807, 2.05) is 5.32 Å². The molecule has 0 spiro atoms. The van der Waals surface area contributed by atoms with Gasteiger partial charge in [0.2, 0.25) is 5.91 Å². The SMILES string of the molecule is C[C@@H](Sc1ncccc1[N+](=O)[O-])C(=O)NC(N)=O. The number of amides is 3. The molecule has 0 unspecified atom stereocenters. The van der Waals surface area contributed by atoms with Gasteiger partial charge < -0.3 is 5.73 Å². The summed E-state index contributed by atoms with van der Waals surface area (Å²) in [6, 6.07) is 1.74. The van der Waals surface area contributed by atoms with Crippen LogP contribution in [0.5, 0.6) is 0 Å². The number of urea groups is 1. The van der Waals surface area contributed by atoms with Gasteiger partial charge in [-0.2, -0.15) is 0 Å². The molecule has 0 saturated carbocycles. The van der Waals surface area contributed by atoms with Crippen molar-refractivity contribution in [1.82, 2.24) is 10.3 Å². The molecule has 0 aliphatic rings. The van der Waals surface area contributed by atoms with Gasteiger partial charge in [-0.15, -0.1) is 0 Å². The molecule has 0 radical (unpaired) electrons. The molecule has 9 heteroatoms. The van der Waals surface area contributed by atoms with E-state index < -0.39 is 22.1 Å². The van der Waals surface area contributed by atoms with Crippen LogP contribution in [0.2, 0.25) is 0 Å². The highest BCUT2D eigenvalue weighted by atomic mass is 32.2. The first-order chi connectivity index (χ1) is 8.41. The van der Waals surface area contributed by atoms with Gasteiger partial charge in [0.05, 0.1) is 10.2 Å². The van der Waals surface area contributed by atoms with Gasteiger partial charge in [-0.05, 0) is 13.0 Å². The minimum absolute atomic E-state index is 0.106. The van der Waals surface area contributed by atoms with Gasteiger partial charge in [0, 0.05) is 12.3 Å². The minimum atomic E-state index is -0.969. The number of imide groups is 1. The Morgan fingerprint density at radius 2 is 2.28 bits per heavy atom. The van der Waals surface area contributed by atoms with E-state index in [-0.39, 0.29) is 10.7 Å². The molecule has 1 aromatic heterocycles. The molecule has 0 aromatic carbocycles. The predicted molar refractivity (Wildman–Crippen MR) is 63.9 cm³/mol. The molecule has 3 amide bonds. The summed E-state index contributed by atoms with van der Waals surface area (Å²) < 4.78 is 0. The zero-order valence-electron chi connectivity index (χ0n) is 9.32. The van der Waals surface area contributed by atoms with Crippen molar-refractivity contribution in [3.8, 4) is 0 Å². The molecule has 1 heterocycles. The van der Waals surface area contributed by atoms with Crippen LogP contribution in [0.1, 0.15) is 6.92 Å². The average molecular weight is 270 g/mol. The maximum atomic E-state index is 11.4. The van der Waals surface area contributed by atoms with Crippen molar-refractivity contribution >= 4 is 29.4 Å². The van der Waals surface area contributed by atoms with E-state index in [1.165, 1.54) is 25.3 Å². The highest BCUT2D eigenvalue weighted by Gasteiger charge is 2.22. The number of nitro groups is 1. The van der Waals surface area contributed by atoms with Crippen LogP contribution in [-0.2, 0) is 4.79 Å². The van der Waals surface area contributed by atoms with E-state index >= 15 is 0 Å². The normalized spacial score (nSPS) is 11.6. The third-order valence-corrected chi connectivity index (χ3v) is 2.96. The number of primary amides is 1. The first-order valence-corrected chi connectivity index (χ1v) is 5.66. The van der Waals surface area contributed by atoms with Gasteiger partial charge in [-0.3, -0.25) is 20.2 Å². The zero-order chi connectivity index (χ0) is 13.7. The Morgan fingerprint density at radius 3 is 2.83 bits per heavy atom. The topological polar surface area (TPSA) is 128 Å². The molecule has 0 saturated heterocycles. The number of nitrogens with one attached hydrogen (secondary N) is 1. The third kappa shape index (κ3) is 3.70. The molecule has 8 nitrogen and oxygen atoms in total. The number of carbonyl (C=O) groups excluding carboxylic acids is 2. The fourth-order valence-electron chi connectivity index (χ4n) is 1.06. The quantitative estimate of drug-likeness (QED) is 0.470. The molecule has 0 bridgehead atoms. The van der Waals surface area contributed by atoms with Crippen LogP contribution in [-0.4, -0.2) is 27.1 Å². The van der Waals surface area contributed by atoms with Gasteiger partial charge in [-0.1, -0.05) is 11.8 Å². The molecule has 0 fully saturated rings. The van der Waals surface area contributed by atoms with E-state index in [0.717, 1.165) is 11.8 Å². The number of pyridine rings is 1. The number of hydrogen-bond donors (Lipinski definition) is 2. The summed E-state index contributed by atoms with van der Waals surface area (Å²) in [5.74, 6) is -0.632. The zero-order valence-corrected chi connectivity index (χ0v) is 10.1. The first kappa shape index (κ1) is 13.9. The van der Waals surface area contributed by atoms with Crippen molar-refractivity contribution in [2.45, 2.75) is 17.2 Å². The van der Waals surface area contributed by atoms with E-state index in [1.54, 1.807) is 0 Å². The van der Waals surface area contributed by atoms with Crippen molar-refractivity contribution in [1.29, 1.82) is 0 Å². The lowest BCUT2D eigenvalue weighted by Crippen LogP contribution is -2.39. The van der Waals surface area contributed by atoms with Crippen molar-refractivity contribution in [2.24, 2.45) is 5.73 Å². The number of thioether (sulfide) groups is 1. The summed E-state index contributed by atoms with van der Waals surface area (Å²) in [5, 5.41) is 12.0. The average Bonchev–Trinajstić information content (AvgIpc) is 2.28. The molecule has 1 rings (SSSR count). The van der Waals surface area contributed by atoms with Gasteiger partial charge in [-0.25, -0.2) is 9.78 Å². The lowest BCUT2D eigenvalue weighted by molar-refractivity contribution is -0.388. The van der Waals surface area contributed by atoms with Crippen LogP contribution < -0.4 is 11.1 Å². The number of carbonyl (C=O) groups is 2. The maximum absolute atomic E-state index is 11.4. The van der Waals surface area contributed by atoms with Crippen molar-refractivity contribution in [3.05, 3.63) is 28.4 Å². The lowest BCUT2D eigenvalue weighted by atomic mass is 10.4. The highest BCUT2D eigenvalue weighted by Crippen LogP contribution is 2.29. The fraction of sp³-hybridized carbons (Fsp3) is 0.222. The van der Waals surface area contributed by atoms with Gasteiger partial charge in [0.1, 0.15) is 0 Å². The van der Waals surface area contributed by atoms with Crippen LogP contribution in [0.4, 0.5) is 10.5 Å². The van der Waals surface area contributed by atoms with E-state index in [4.69, 9.17) is 5.73 Å². The molecule has 1 aromatic rings. The Bertz CT molecular complexity index is 493. The molecule has 96 valence electrons. The second-order valence-electron chi connectivity index (χ2n) is 3.20. The molecule has 0 aliphatic heterocycles. The molecular formula is C9H10N4O4S. The Balaban J connectivity index is 2.81. The monoisotopic (exact) mass is 270 g/mol. The maximum Gasteiger partial charge on any atom is 0.318 e. The summed E-state index contributed by atoms with van der Waals surface area (Å²) in [5.41, 5.74) is 4.61. The molecule has 0 aliphatic carbocycles. The highest BCUT2D eigenvalue weighted by molar-refractivity contribution is 8.00. The number of nitrogens with two attached hydrogens (primary N) is 1. The molecule has 1 atom stereocenters. The Labute approximate surface area is 106 Å². The fourth-order valence-corrected chi connectivity index (χ4v) is 1.94. The van der Waals surface area contributed by atoms with Crippen LogP contribution in [0.15, 0.2) is 23.4 Å². The first-order valence-electron chi connectivity index (χ1n) is 4.78. The van der Waals surface area contributed by atoms with Crippen molar-refractivity contribution in [3.63, 3.8) is 0 Å². The summed E-state index contributed by atoms with van der Waals surface area (Å²) >= 11 is 0.876. The number of nitrogens with zero attached hydrogens (tertiary/aromatic N) is 2. The van der Waals surface area contributed by atoms with Crippen LogP contribution in [0.25, 0.3) is 0 Å². The number of rotatable bonds is 4. The van der Waals surface area contributed by atoms with Crippen LogP contribution in [0, 0.1) is 10.1 Å². The largest absolute Gasteiger partial charge is 0.351 e. The summed E-state index contributed by atoms with van der Waals surface area (Å²) in [6.45, 7) is 1.49. The van der Waals surface area contributed by atoms with E-state index in [2.05, 4.69) is 4.98 Å². The van der Waals surface area contributed by atoms with Crippen LogP contribution in [0.3, 0.4) is 0 Å². The summed E-state index contributed by atoms with van der Waals surface area (Å²) in [4.78, 5) is 35.9. The van der Waals surface area contributed by atoms with Crippen molar-refractivity contribution in [2.75, 3.05) is 0 Å². The van der Waals surface area contributed by atoms with Gasteiger partial charge in [0.25, 0.3) is 0 Å². The summed E-state index contributed by atoms with van der Waals surface area (Å²) in [7, 11) is 0. The standard InChI is InChI=1S/C9H10N4O4S/c1-5(7(14)12-9(10)15)18-8-6(13(16)17)3-2-4-11-8/h2-5H,1H3,(H3,10,12,14,15)/t5-/m1/s1. The Morgan fingerprint density at radius 1 is 1.61 bits per heavy atom. The third-order valence-electron chi connectivity index (χ3n) is 1.85. The second kappa shape index (κ2) is 5.96. The van der Waals surface area contributed by atoms with Crippen LogP contribution >= 0.6 is 11.8 Å². The minimum Gasteiger partial charge on any atom is -0.351 e. The van der Waals surface area contributed by atoms with Crippen molar-refractivity contribution < 1.29 is 14.5 Å². The second-order valence-corrected chi connectivity index (χ2v) is 4.53. The number of hydrogen-bond acceptors (Lipinski definition) is 6. The summed E-state index contributed by atoms with van der Waals surface area (Å²) in [6.07, 6.45) is 1.38. The van der Waals surface area contributed by atoms with E-state index in [0.29, 0.717) is 0 Å². The number of aromatic nitrogens is 1. The Hall–Kier alpha value is -2.16. The van der Waals surface area contributed by atoms with E-state index in [9.17, 15) is 19.7 Å². The molecule has 3 N–H and O–H groups in total. The predicted octanol–water partition coefficient (Wildman–Crippen LogP) is 0.665. The molecule has 18 heavy (non-hydrogen) atoms. The Kier molecular flexibility index (Phi) is 4.60. The molecular weight excluding hydrogens is 260 g/mol. The van der Waals surface area contributed by atoms with Gasteiger partial charge in [0.15, 0.2) is 5.03 Å². The lowest BCUT2D eigenvalue weighted by Gasteiger charge is -2.09. The smallest absolute Gasteiger partial charge is 0.318 e.